The molecular weight excluding hydrogens is 238 g/mol. The third kappa shape index (κ3) is 12.4. The number of rotatable bonds is 9. The lowest BCUT2D eigenvalue weighted by atomic mass is 10.1. The molecule has 0 fully saturated rings. The van der Waals surface area contributed by atoms with E-state index in [-0.39, 0.29) is 5.54 Å². The van der Waals surface area contributed by atoms with Crippen molar-refractivity contribution in [3.63, 3.8) is 0 Å². The lowest BCUT2D eigenvalue weighted by Gasteiger charge is -2.22. The van der Waals surface area contributed by atoms with Crippen LogP contribution in [0.2, 0.25) is 0 Å². The summed E-state index contributed by atoms with van der Waals surface area (Å²) in [4.78, 5) is 0. The molecule has 2 N–H and O–H groups in total. The molecule has 0 saturated carbocycles. The highest BCUT2D eigenvalue weighted by Crippen LogP contribution is 2.01. The van der Waals surface area contributed by atoms with E-state index in [1.54, 1.807) is 0 Å². The van der Waals surface area contributed by atoms with Crippen LogP contribution in [0.15, 0.2) is 0 Å². The van der Waals surface area contributed by atoms with Gasteiger partial charge < -0.3 is 19.7 Å². The Balaban J connectivity index is 3.36. The van der Waals surface area contributed by atoms with Gasteiger partial charge in [-0.15, -0.1) is 0 Å². The first-order valence-corrected chi connectivity index (χ1v) is 7.73. The average molecular weight is 265 g/mol. The molecule has 0 aromatic carbocycles. The predicted molar refractivity (Wildman–Crippen MR) is 72.5 cm³/mol. The van der Waals surface area contributed by atoms with E-state index in [9.17, 15) is 9.66 Å². The normalized spacial score (nSPS) is 15.9. The van der Waals surface area contributed by atoms with Crippen LogP contribution >= 0.6 is 0 Å². The molecule has 4 nitrogen and oxygen atoms in total. The minimum atomic E-state index is -0.758. The van der Waals surface area contributed by atoms with Crippen LogP contribution in [-0.2, 0) is 15.9 Å². The quantitative estimate of drug-likeness (QED) is 0.374. The van der Waals surface area contributed by atoms with Gasteiger partial charge in [0.15, 0.2) is 6.29 Å². The average Bonchev–Trinajstić information content (AvgIpc) is 2.24. The summed E-state index contributed by atoms with van der Waals surface area (Å²) in [6, 6.07) is 0. The molecule has 0 bridgehead atoms. The highest BCUT2D eigenvalue weighted by molar-refractivity contribution is 7.91. The van der Waals surface area contributed by atoms with Crippen LogP contribution in [0, 0.1) is 0 Å². The highest BCUT2D eigenvalue weighted by atomic mass is 32.2. The lowest BCUT2D eigenvalue weighted by molar-refractivity contribution is -0.0989. The monoisotopic (exact) mass is 265 g/mol. The molecule has 104 valence electrons. The molecule has 17 heavy (non-hydrogen) atoms. The third-order valence-electron chi connectivity index (χ3n) is 2.21. The molecule has 0 heterocycles. The molecule has 2 atom stereocenters. The summed E-state index contributed by atoms with van der Waals surface area (Å²) in [5, 5.41) is 12.7. The van der Waals surface area contributed by atoms with Crippen molar-refractivity contribution >= 4 is 11.2 Å². The molecular formula is C12H27NO3S. The van der Waals surface area contributed by atoms with Gasteiger partial charge in [0.05, 0.1) is 0 Å². The number of β-amino-alcohol motifs (C(OH)–C–C–N with tert-alkyl or cyclic N) is 1. The van der Waals surface area contributed by atoms with Gasteiger partial charge in [-0.05, 0) is 40.5 Å². The van der Waals surface area contributed by atoms with E-state index in [1.165, 1.54) is 0 Å². The molecule has 0 amide bonds. The molecule has 2 unspecified atom stereocenters. The van der Waals surface area contributed by atoms with Crippen LogP contribution in [0.3, 0.4) is 0 Å². The molecule has 0 aromatic rings. The second kappa shape index (κ2) is 9.16. The Morgan fingerprint density at radius 1 is 1.35 bits per heavy atom. The van der Waals surface area contributed by atoms with E-state index in [0.29, 0.717) is 13.2 Å². The van der Waals surface area contributed by atoms with Crippen molar-refractivity contribution in [2.45, 2.75) is 52.4 Å². The van der Waals surface area contributed by atoms with Crippen molar-refractivity contribution in [2.75, 3.05) is 24.7 Å². The zero-order valence-electron chi connectivity index (χ0n) is 11.5. The van der Waals surface area contributed by atoms with Gasteiger partial charge in [-0.25, -0.2) is 0 Å². The van der Waals surface area contributed by atoms with Crippen LogP contribution in [0.25, 0.3) is 0 Å². The van der Waals surface area contributed by atoms with Crippen LogP contribution in [-0.4, -0.2) is 46.1 Å². The topological polar surface area (TPSA) is 64.5 Å². The van der Waals surface area contributed by atoms with Gasteiger partial charge in [0.1, 0.15) is 11.5 Å². The van der Waals surface area contributed by atoms with Crippen molar-refractivity contribution in [2.24, 2.45) is 0 Å². The SMILES string of the molecule is CC[S+]([O-])CCCCOC(O)CNC(C)(C)C. The third-order valence-corrected chi connectivity index (χ3v) is 3.59. The first kappa shape index (κ1) is 17.2. The van der Waals surface area contributed by atoms with Crippen molar-refractivity contribution in [3.8, 4) is 0 Å². The Kier molecular flexibility index (Phi) is 9.27. The van der Waals surface area contributed by atoms with E-state index in [2.05, 4.69) is 5.32 Å². The van der Waals surface area contributed by atoms with E-state index in [0.717, 1.165) is 24.3 Å². The molecule has 0 aromatic heterocycles. The second-order valence-corrected chi connectivity index (χ2v) is 6.96. The van der Waals surface area contributed by atoms with E-state index in [4.69, 9.17) is 4.74 Å². The van der Waals surface area contributed by atoms with Gasteiger partial charge >= 0.3 is 0 Å². The van der Waals surface area contributed by atoms with Gasteiger partial charge in [0.2, 0.25) is 0 Å². The molecule has 0 aliphatic heterocycles. The summed E-state index contributed by atoms with van der Waals surface area (Å²) in [7, 11) is 0. The Morgan fingerprint density at radius 2 is 2.00 bits per heavy atom. The number of ether oxygens (including phenoxy) is 1. The predicted octanol–water partition coefficient (Wildman–Crippen LogP) is 1.26. The van der Waals surface area contributed by atoms with Crippen molar-refractivity contribution in [1.82, 2.24) is 5.32 Å². The fraction of sp³-hybridized carbons (Fsp3) is 1.00. The standard InChI is InChI=1S/C12H27NO3S/c1-5-17(15)9-7-6-8-16-11(14)10-13-12(2,3)4/h11,13-14H,5-10H2,1-4H3. The summed E-state index contributed by atoms with van der Waals surface area (Å²) < 4.78 is 16.4. The van der Waals surface area contributed by atoms with E-state index in [1.807, 2.05) is 27.7 Å². The Bertz CT molecular complexity index is 185. The highest BCUT2D eigenvalue weighted by Gasteiger charge is 2.12. The van der Waals surface area contributed by atoms with Crippen LogP contribution < -0.4 is 5.32 Å². The summed E-state index contributed by atoms with van der Waals surface area (Å²) in [6.07, 6.45) is 0.976. The molecule has 0 spiro atoms. The Labute approximate surface area is 108 Å². The minimum Gasteiger partial charge on any atom is -0.616 e. The number of hydrogen-bond donors (Lipinski definition) is 2. The summed E-state index contributed by atoms with van der Waals surface area (Å²) >= 11 is -0.687. The number of nitrogens with one attached hydrogen (secondary N) is 1. The van der Waals surface area contributed by atoms with Gasteiger partial charge in [-0.3, -0.25) is 0 Å². The molecule has 0 radical (unpaired) electrons. The van der Waals surface area contributed by atoms with Crippen molar-refractivity contribution in [3.05, 3.63) is 0 Å². The number of unbranched alkanes of at least 4 members (excludes halogenated alkanes) is 1. The van der Waals surface area contributed by atoms with Crippen molar-refractivity contribution < 1.29 is 14.4 Å². The van der Waals surface area contributed by atoms with Gasteiger partial charge in [-0.2, -0.15) is 0 Å². The van der Waals surface area contributed by atoms with Gasteiger partial charge in [0.25, 0.3) is 0 Å². The fourth-order valence-electron chi connectivity index (χ4n) is 1.18. The molecule has 0 aliphatic carbocycles. The molecule has 0 saturated heterocycles. The first-order valence-electron chi connectivity index (χ1n) is 6.25. The Morgan fingerprint density at radius 3 is 2.53 bits per heavy atom. The van der Waals surface area contributed by atoms with Crippen LogP contribution in [0.1, 0.15) is 40.5 Å². The molecule has 0 rings (SSSR count). The summed E-state index contributed by atoms with van der Waals surface area (Å²) in [5.74, 6) is 1.45. The fourth-order valence-corrected chi connectivity index (χ4v) is 2.00. The maximum atomic E-state index is 11.1. The van der Waals surface area contributed by atoms with Crippen LogP contribution in [0.4, 0.5) is 0 Å². The minimum absolute atomic E-state index is 0.0115. The second-order valence-electron chi connectivity index (χ2n) is 5.10. The molecule has 0 aliphatic rings. The Hall–Kier alpha value is 0.190. The zero-order chi connectivity index (χ0) is 13.3. The van der Waals surface area contributed by atoms with Crippen molar-refractivity contribution in [1.29, 1.82) is 0 Å². The van der Waals surface area contributed by atoms with Gasteiger partial charge in [-0.1, -0.05) is 11.2 Å². The first-order chi connectivity index (χ1) is 7.85. The number of aliphatic hydroxyl groups excluding tert-OH is 1. The summed E-state index contributed by atoms with van der Waals surface area (Å²) in [6.45, 7) is 9.01. The largest absolute Gasteiger partial charge is 0.616 e. The molecule has 5 heteroatoms. The number of aliphatic hydroxyl groups is 1. The zero-order valence-corrected chi connectivity index (χ0v) is 12.3. The number of hydrogen-bond acceptors (Lipinski definition) is 4. The van der Waals surface area contributed by atoms with E-state index < -0.39 is 17.5 Å². The van der Waals surface area contributed by atoms with E-state index >= 15 is 0 Å². The van der Waals surface area contributed by atoms with Gasteiger partial charge in [0, 0.05) is 18.7 Å². The van der Waals surface area contributed by atoms with Crippen LogP contribution in [0.5, 0.6) is 0 Å². The lowest BCUT2D eigenvalue weighted by Crippen LogP contribution is -2.41. The maximum absolute atomic E-state index is 11.1. The summed E-state index contributed by atoms with van der Waals surface area (Å²) in [5.41, 5.74) is -0.0115. The maximum Gasteiger partial charge on any atom is 0.167 e. The smallest absolute Gasteiger partial charge is 0.167 e.